The van der Waals surface area contributed by atoms with Crippen molar-refractivity contribution < 1.29 is 19.5 Å². The van der Waals surface area contributed by atoms with E-state index in [4.69, 9.17) is 68.0 Å². The number of nitrogens with zero attached hydrogens (tertiary/aromatic N) is 14. The van der Waals surface area contributed by atoms with Gasteiger partial charge in [0.25, 0.3) is 16.7 Å². The van der Waals surface area contributed by atoms with Gasteiger partial charge in [0.15, 0.2) is 0 Å². The van der Waals surface area contributed by atoms with Crippen molar-refractivity contribution in [2.45, 2.75) is 38.9 Å². The summed E-state index contributed by atoms with van der Waals surface area (Å²) in [6, 6.07) is 64.3. The number of fused-ring (bicyclic) bond motifs is 3. The molecule has 0 aliphatic carbocycles. The Labute approximate surface area is 704 Å². The topological polar surface area (TPSA) is 388 Å². The van der Waals surface area contributed by atoms with Crippen molar-refractivity contribution in [3.05, 3.63) is 335 Å². The molecule has 6 aromatic carbocycles. The third-order valence-corrected chi connectivity index (χ3v) is 18.1. The fourth-order valence-electron chi connectivity index (χ4n) is 12.6. The summed E-state index contributed by atoms with van der Waals surface area (Å²) in [6.45, 7) is 27.9. The van der Waals surface area contributed by atoms with E-state index in [0.717, 1.165) is 10.8 Å². The molecule has 35 heteroatoms. The van der Waals surface area contributed by atoms with Gasteiger partial charge in [-0.2, -0.15) is 0 Å². The number of nitrogen functional groups attached to an aromatic ring is 3. The van der Waals surface area contributed by atoms with Crippen LogP contribution in [0, 0.1) is 19.7 Å². The molecule has 0 radical (unpaired) electrons. The number of aromatic amines is 1. The molecule has 12 N–H and O–H groups in total. The Morgan fingerprint density at radius 3 is 1.21 bits per heavy atom. The van der Waals surface area contributed by atoms with Crippen molar-refractivity contribution >= 4 is 159 Å². The maximum atomic E-state index is 14.2. The molecule has 9 heterocycles. The predicted octanol–water partition coefficient (Wildman–Crippen LogP) is 15.3. The number of benzene rings is 6. The number of halogens is 4. The van der Waals surface area contributed by atoms with E-state index >= 15 is 0 Å². The van der Waals surface area contributed by atoms with Crippen LogP contribution in [0.4, 0.5) is 52.4 Å². The van der Waals surface area contributed by atoms with E-state index in [9.17, 15) is 19.2 Å². The smallest absolute Gasteiger partial charge is 0.481 e. The molecule has 29 nitrogen and oxygen atoms in total. The molecule has 0 aliphatic rings. The van der Waals surface area contributed by atoms with Crippen LogP contribution >= 0.6 is 58.9 Å². The second-order valence-corrected chi connectivity index (χ2v) is 32.3. The van der Waals surface area contributed by atoms with Crippen LogP contribution in [0.5, 0.6) is 11.8 Å². The number of methoxy groups -OCH3 is 2. The van der Waals surface area contributed by atoms with Crippen LogP contribution in [-0.2, 0) is 0 Å². The Morgan fingerprint density at radius 2 is 0.814 bits per heavy atom. The quantitative estimate of drug-likeness (QED) is 0.0302. The van der Waals surface area contributed by atoms with Gasteiger partial charge in [0.1, 0.15) is 17.5 Å². The molecule has 3 atom stereocenters. The molecular formula is C83H69B2Br3ClN21O8. The number of pyridine rings is 6. The molecule has 0 fully saturated rings. The highest BCUT2D eigenvalue weighted by atomic mass is 79.9. The Hall–Kier alpha value is -13.9. The second-order valence-electron chi connectivity index (χ2n) is 25.4. The first-order valence-corrected chi connectivity index (χ1v) is 38.7. The van der Waals surface area contributed by atoms with Gasteiger partial charge in [-0.3, -0.25) is 32.9 Å². The number of rotatable bonds is 17. The van der Waals surface area contributed by atoms with Crippen molar-refractivity contribution in [3.8, 4) is 51.3 Å². The first-order valence-electron chi connectivity index (χ1n) is 35.6. The predicted molar refractivity (Wildman–Crippen MR) is 477 cm³/mol. The molecule has 0 amide bonds. The van der Waals surface area contributed by atoms with Crippen LogP contribution in [0.1, 0.15) is 56.0 Å². The molecule has 15 aromatic rings. The number of nitrogens with one attached hydrogen (secondary N) is 4. The molecular weight excluding hydrogens is 1720 g/mol. The minimum Gasteiger partial charge on any atom is -0.481 e. The lowest BCUT2D eigenvalue weighted by atomic mass is 9.86. The molecule has 588 valence electrons. The van der Waals surface area contributed by atoms with Crippen LogP contribution in [0.3, 0.4) is 0 Å². The van der Waals surface area contributed by atoms with Crippen molar-refractivity contribution in [2.75, 3.05) is 47.4 Å². The maximum Gasteiger partial charge on any atom is 0.508 e. The Morgan fingerprint density at radius 1 is 0.458 bits per heavy atom. The van der Waals surface area contributed by atoms with Gasteiger partial charge in [-0.25, -0.2) is 54.4 Å². The SMILES string of the molecule is BrB(Br)Br.COc1cccc(B(O)O)n1.[C-]#[N+]c1cnc(N)nc1N[C@@H](C)c1cc2cccc(-c3cccc(=O)[nH]3)c2c(=O)n1-c1ccccc1.[C-]#[N+]c1cnc(N)nc1N[C@@H](C)c1cc2cccc(-c3cccc(OC)n3)c2c(=O)n1-c1ccccc1.[C-]#[N+]c1cnc(N)nc1N[C@@H](C)c1cc2cccc(Cl)c2c(=O)n1-c1ccccc1. The van der Waals surface area contributed by atoms with Crippen LogP contribution in [0.2, 0.25) is 5.02 Å². The number of ether oxygens (including phenoxy) is 2. The average Bonchev–Trinajstić information content (AvgIpc) is 0.759. The molecule has 0 saturated carbocycles. The number of nitrogens with two attached hydrogens (primary N) is 3. The molecule has 9 aromatic heterocycles. The van der Waals surface area contributed by atoms with Crippen molar-refractivity contribution in [1.29, 1.82) is 0 Å². The number of hydrogen-bond acceptors (Lipinski definition) is 22. The van der Waals surface area contributed by atoms with E-state index in [1.165, 1.54) is 37.8 Å². The zero-order valence-electron chi connectivity index (χ0n) is 63.3. The summed E-state index contributed by atoms with van der Waals surface area (Å²) in [4.78, 5) is 99.5. The van der Waals surface area contributed by atoms with Gasteiger partial charge >= 0.3 is 10.3 Å². The second kappa shape index (κ2) is 39.4. The Kier molecular flexibility index (Phi) is 28.4. The summed E-state index contributed by atoms with van der Waals surface area (Å²) in [6.07, 6.45) is 4.11. The molecule has 0 unspecified atom stereocenters. The molecule has 0 bridgehead atoms. The van der Waals surface area contributed by atoms with Gasteiger partial charge < -0.3 is 57.7 Å². The van der Waals surface area contributed by atoms with Crippen LogP contribution in [0.15, 0.2) is 256 Å². The summed E-state index contributed by atoms with van der Waals surface area (Å²) in [5.41, 5.74) is 23.9. The highest BCUT2D eigenvalue weighted by Crippen LogP contribution is 2.36. The molecule has 15 rings (SSSR count). The molecule has 0 aliphatic heterocycles. The van der Waals surface area contributed by atoms with Gasteiger partial charge in [-0.1, -0.05) is 133 Å². The minimum atomic E-state index is -1.54. The van der Waals surface area contributed by atoms with Crippen molar-refractivity contribution in [1.82, 2.24) is 58.6 Å². The largest absolute Gasteiger partial charge is 0.508 e. The van der Waals surface area contributed by atoms with E-state index in [1.807, 2.05) is 185 Å². The van der Waals surface area contributed by atoms with E-state index < -0.39 is 19.2 Å². The van der Waals surface area contributed by atoms with E-state index in [0.29, 0.717) is 107 Å². The van der Waals surface area contributed by atoms with Crippen molar-refractivity contribution in [2.24, 2.45) is 0 Å². The minimum absolute atomic E-state index is 0.0394. The Balaban J connectivity index is 0.000000160. The number of H-pyrrole nitrogens is 1. The van der Waals surface area contributed by atoms with Gasteiger partial charge in [0, 0.05) is 87.8 Å². The lowest BCUT2D eigenvalue weighted by molar-refractivity contribution is 0.395. The van der Waals surface area contributed by atoms with Gasteiger partial charge in [0.05, 0.1) is 84.5 Å². The van der Waals surface area contributed by atoms with Gasteiger partial charge in [0.2, 0.25) is 52.2 Å². The summed E-state index contributed by atoms with van der Waals surface area (Å²) in [5, 5.41) is 31.1. The van der Waals surface area contributed by atoms with Gasteiger partial charge in [-0.15, -0.1) is 47.3 Å². The number of hydrogen-bond donors (Lipinski definition) is 9. The lowest BCUT2D eigenvalue weighted by Crippen LogP contribution is -2.32. The number of para-hydroxylation sites is 3. The third-order valence-electron chi connectivity index (χ3n) is 17.8. The molecule has 0 saturated heterocycles. The Bertz CT molecular complexity index is 6560. The number of anilines is 6. The molecule has 0 spiro atoms. The first-order chi connectivity index (χ1) is 56.9. The lowest BCUT2D eigenvalue weighted by Gasteiger charge is -2.22. The monoisotopic (exact) mass is 1780 g/mol. The highest BCUT2D eigenvalue weighted by Gasteiger charge is 2.25. The standard InChI is InChI=1S/C28H23N7O2.C27H21N7O2.C22H17ClN6O.C6H8BNO3.BBr3/c1-17(32-26-22(30-2)16-31-28(29)34-26)23-15-18-9-7-12-20(21-13-8-14-24(33-21)37-3)25(18)27(36)35(23)19-10-5-4-6-11-19;1-16(31-25-21(29-2)15-30-27(28)33-25)22-14-17-8-6-11-19(20-12-7-13-23(35)32-20)24(17)26(36)34(22)18-9-4-3-5-10-18;1-13(27-20-17(25-2)12-26-22(24)28-20)18-11-14-7-6-10-16(23)19(14)21(30)29(18)15-8-4-3-5-9-15;1-11-6-4-2-3-5(8-6)7(9)10;2-1(3)4/h4-17H,1,3H3,(H3,29,31,32,34);3-16H,1H3,(H,32,35)(H3,28,30,31,33);3-13H,1H3,(H3,24,26,27,28);2-4,9-10H,1H3;/t17-;16-;13-;;/m000../s1. The average molecular weight is 1790 g/mol. The zero-order chi connectivity index (χ0) is 84.3. The highest BCUT2D eigenvalue weighted by molar-refractivity contribution is 9.69. The normalized spacial score (nSPS) is 11.3. The van der Waals surface area contributed by atoms with E-state index in [2.05, 4.69) is 123 Å². The van der Waals surface area contributed by atoms with Crippen LogP contribution in [-0.4, -0.2) is 93.1 Å². The van der Waals surface area contributed by atoms with E-state index in [1.54, 1.807) is 63.3 Å². The van der Waals surface area contributed by atoms with Gasteiger partial charge in [-0.05, 0) is 116 Å². The summed E-state index contributed by atoms with van der Waals surface area (Å²) < 4.78 is 15.3. The van der Waals surface area contributed by atoms with Crippen LogP contribution < -0.4 is 70.5 Å². The molecule has 118 heavy (non-hydrogen) atoms. The van der Waals surface area contributed by atoms with Crippen molar-refractivity contribution in [3.63, 3.8) is 0 Å². The fourth-order valence-corrected chi connectivity index (χ4v) is 12.8. The fraction of sp³-hybridized carbons (Fsp3) is 0.0964. The zero-order valence-corrected chi connectivity index (χ0v) is 68.8. The summed E-state index contributed by atoms with van der Waals surface area (Å²) >= 11 is 15.7. The number of aromatic nitrogens is 12. The third kappa shape index (κ3) is 20.2. The maximum absolute atomic E-state index is 14.2. The van der Waals surface area contributed by atoms with E-state index in [-0.39, 0.29) is 77.8 Å². The summed E-state index contributed by atoms with van der Waals surface area (Å²) in [7, 11) is 1.49. The summed E-state index contributed by atoms with van der Waals surface area (Å²) in [5.74, 6) is 1.88. The van der Waals surface area contributed by atoms with Crippen LogP contribution in [0.25, 0.3) is 86.4 Å². The first kappa shape index (κ1) is 85.0.